The Hall–Kier alpha value is -2.44. The van der Waals surface area contributed by atoms with E-state index in [1.807, 2.05) is 36.5 Å². The third kappa shape index (κ3) is 3.11. The van der Waals surface area contributed by atoms with E-state index in [-0.39, 0.29) is 12.5 Å². The molecule has 6 heteroatoms. The summed E-state index contributed by atoms with van der Waals surface area (Å²) < 4.78 is 6.37. The van der Waals surface area contributed by atoms with Gasteiger partial charge in [0.05, 0.1) is 16.8 Å². The Kier molecular flexibility index (Phi) is 4.15. The predicted molar refractivity (Wildman–Crippen MR) is 96.6 cm³/mol. The Bertz CT molecular complexity index is 827. The molecule has 1 saturated heterocycles. The van der Waals surface area contributed by atoms with Crippen molar-refractivity contribution in [1.82, 2.24) is 4.98 Å². The molecule has 0 bridgehead atoms. The van der Waals surface area contributed by atoms with Crippen LogP contribution in [-0.2, 0) is 16.1 Å². The van der Waals surface area contributed by atoms with Crippen molar-refractivity contribution >= 4 is 38.8 Å². The van der Waals surface area contributed by atoms with Crippen LogP contribution in [0.15, 0.2) is 48.7 Å². The first-order chi connectivity index (χ1) is 11.8. The summed E-state index contributed by atoms with van der Waals surface area (Å²) in [5.74, 6) is 0.0136. The number of benzene rings is 1. The van der Waals surface area contributed by atoms with Gasteiger partial charge in [-0.3, -0.25) is 9.78 Å². The lowest BCUT2D eigenvalue weighted by atomic mass is 10.2. The number of carbonyl (C=O) groups is 1. The Morgan fingerprint density at radius 1 is 1.25 bits per heavy atom. The van der Waals surface area contributed by atoms with E-state index in [1.54, 1.807) is 16.2 Å². The van der Waals surface area contributed by atoms with Gasteiger partial charge in [-0.1, -0.05) is 0 Å². The van der Waals surface area contributed by atoms with Crippen molar-refractivity contribution < 1.29 is 9.53 Å². The summed E-state index contributed by atoms with van der Waals surface area (Å²) in [5.41, 5.74) is 2.99. The maximum Gasteiger partial charge on any atom is 0.253 e. The van der Waals surface area contributed by atoms with E-state index in [2.05, 4.69) is 22.4 Å². The van der Waals surface area contributed by atoms with E-state index >= 15 is 0 Å². The highest BCUT2D eigenvalue weighted by molar-refractivity contribution is 7.19. The molecule has 4 rings (SSSR count). The number of nitrogens with zero attached hydrogens (tertiary/aromatic N) is 2. The van der Waals surface area contributed by atoms with Crippen LogP contribution in [0.2, 0.25) is 0 Å². The molecule has 1 fully saturated rings. The number of rotatable bonds is 4. The van der Waals surface area contributed by atoms with E-state index in [0.29, 0.717) is 13.2 Å². The van der Waals surface area contributed by atoms with E-state index in [9.17, 15) is 4.79 Å². The Balaban J connectivity index is 1.42. The molecule has 24 heavy (non-hydrogen) atoms. The normalized spacial score (nSPS) is 15.0. The number of morpholine rings is 1. The molecule has 1 N–H and O–H groups in total. The van der Waals surface area contributed by atoms with Crippen LogP contribution >= 0.6 is 11.3 Å². The van der Waals surface area contributed by atoms with Gasteiger partial charge in [0.25, 0.3) is 5.91 Å². The molecule has 1 aliphatic rings. The zero-order chi connectivity index (χ0) is 16.4. The van der Waals surface area contributed by atoms with Crippen LogP contribution in [0.1, 0.15) is 4.88 Å². The fraction of sp³-hybridized carbons (Fsp3) is 0.222. The Morgan fingerprint density at radius 3 is 2.92 bits per heavy atom. The molecule has 1 aliphatic heterocycles. The fourth-order valence-corrected chi connectivity index (χ4v) is 3.71. The lowest BCUT2D eigenvalue weighted by molar-refractivity contribution is -0.125. The standard InChI is InChI=1S/C18H17N3O2S/c22-18-12-23-9-8-21(18)14-5-3-13(4-6-14)20-11-15-10-16-17(24-15)2-1-7-19-16/h1-7,10,20H,8-9,11-12H2. The number of pyridine rings is 1. The van der Waals surface area contributed by atoms with Gasteiger partial charge in [-0.2, -0.15) is 0 Å². The number of aromatic nitrogens is 1. The molecule has 1 aromatic carbocycles. The smallest absolute Gasteiger partial charge is 0.253 e. The summed E-state index contributed by atoms with van der Waals surface area (Å²) in [7, 11) is 0. The van der Waals surface area contributed by atoms with Crippen LogP contribution < -0.4 is 10.2 Å². The summed E-state index contributed by atoms with van der Waals surface area (Å²) in [6.07, 6.45) is 1.82. The molecule has 1 amide bonds. The van der Waals surface area contributed by atoms with E-state index in [1.165, 1.54) is 9.58 Å². The van der Waals surface area contributed by atoms with Crippen molar-refractivity contribution in [2.75, 3.05) is 30.0 Å². The van der Waals surface area contributed by atoms with Crippen LogP contribution in [0.5, 0.6) is 0 Å². The molecule has 0 aliphatic carbocycles. The number of hydrogen-bond acceptors (Lipinski definition) is 5. The summed E-state index contributed by atoms with van der Waals surface area (Å²) in [5, 5.41) is 3.42. The van der Waals surface area contributed by atoms with Crippen molar-refractivity contribution in [2.24, 2.45) is 0 Å². The summed E-state index contributed by atoms with van der Waals surface area (Å²) in [6, 6.07) is 14.1. The monoisotopic (exact) mass is 339 g/mol. The average Bonchev–Trinajstić information content (AvgIpc) is 3.04. The molecule has 0 atom stereocenters. The molecule has 3 heterocycles. The zero-order valence-corrected chi connectivity index (χ0v) is 13.9. The molecule has 122 valence electrons. The summed E-state index contributed by atoms with van der Waals surface area (Å²) in [4.78, 5) is 19.2. The van der Waals surface area contributed by atoms with Crippen molar-refractivity contribution in [3.8, 4) is 0 Å². The first-order valence-corrected chi connectivity index (χ1v) is 8.67. The average molecular weight is 339 g/mol. The number of anilines is 2. The molecular formula is C18H17N3O2S. The molecule has 0 spiro atoms. The summed E-state index contributed by atoms with van der Waals surface area (Å²) >= 11 is 1.75. The van der Waals surface area contributed by atoms with Gasteiger partial charge in [-0.25, -0.2) is 0 Å². The van der Waals surface area contributed by atoms with Gasteiger partial charge in [0, 0.05) is 35.5 Å². The number of fused-ring (bicyclic) bond motifs is 1. The molecule has 0 saturated carbocycles. The molecular weight excluding hydrogens is 322 g/mol. The minimum atomic E-state index is 0.0136. The third-order valence-corrected chi connectivity index (χ3v) is 5.06. The van der Waals surface area contributed by atoms with Crippen molar-refractivity contribution in [2.45, 2.75) is 6.54 Å². The molecule has 2 aromatic heterocycles. The van der Waals surface area contributed by atoms with Gasteiger partial charge >= 0.3 is 0 Å². The number of amides is 1. The Labute approximate surface area is 143 Å². The minimum Gasteiger partial charge on any atom is -0.380 e. The number of thiophene rings is 1. The van der Waals surface area contributed by atoms with Crippen LogP contribution in [0.3, 0.4) is 0 Å². The van der Waals surface area contributed by atoms with Crippen LogP contribution in [0.4, 0.5) is 11.4 Å². The van der Waals surface area contributed by atoms with Gasteiger partial charge in [0.1, 0.15) is 6.61 Å². The number of nitrogens with one attached hydrogen (secondary N) is 1. The van der Waals surface area contributed by atoms with Gasteiger partial charge in [-0.15, -0.1) is 11.3 Å². The molecule has 5 nitrogen and oxygen atoms in total. The Morgan fingerprint density at radius 2 is 2.12 bits per heavy atom. The largest absolute Gasteiger partial charge is 0.380 e. The quantitative estimate of drug-likeness (QED) is 0.793. The molecule has 0 unspecified atom stereocenters. The first kappa shape index (κ1) is 15.1. The maximum absolute atomic E-state index is 11.9. The summed E-state index contributed by atoms with van der Waals surface area (Å²) in [6.45, 7) is 2.13. The zero-order valence-electron chi connectivity index (χ0n) is 13.1. The maximum atomic E-state index is 11.9. The number of hydrogen-bond donors (Lipinski definition) is 1. The minimum absolute atomic E-state index is 0.0136. The van der Waals surface area contributed by atoms with Gasteiger partial charge in [0.2, 0.25) is 0 Å². The topological polar surface area (TPSA) is 54.5 Å². The highest BCUT2D eigenvalue weighted by Gasteiger charge is 2.19. The van der Waals surface area contributed by atoms with Crippen LogP contribution in [0, 0.1) is 0 Å². The lowest BCUT2D eigenvalue weighted by Gasteiger charge is -2.26. The van der Waals surface area contributed by atoms with Gasteiger partial charge in [-0.05, 0) is 42.5 Å². The van der Waals surface area contributed by atoms with Crippen LogP contribution in [-0.4, -0.2) is 30.6 Å². The highest BCUT2D eigenvalue weighted by atomic mass is 32.1. The first-order valence-electron chi connectivity index (χ1n) is 7.85. The fourth-order valence-electron chi connectivity index (χ4n) is 2.75. The van der Waals surface area contributed by atoms with E-state index in [4.69, 9.17) is 4.74 Å². The predicted octanol–water partition coefficient (Wildman–Crippen LogP) is 3.27. The van der Waals surface area contributed by atoms with Crippen molar-refractivity contribution in [3.63, 3.8) is 0 Å². The number of ether oxygens (including phenoxy) is 1. The van der Waals surface area contributed by atoms with Crippen molar-refractivity contribution in [1.29, 1.82) is 0 Å². The van der Waals surface area contributed by atoms with Crippen LogP contribution in [0.25, 0.3) is 10.2 Å². The third-order valence-electron chi connectivity index (χ3n) is 3.97. The van der Waals surface area contributed by atoms with E-state index in [0.717, 1.165) is 23.4 Å². The molecule has 3 aromatic rings. The van der Waals surface area contributed by atoms with Gasteiger partial charge in [0.15, 0.2) is 0 Å². The van der Waals surface area contributed by atoms with Crippen molar-refractivity contribution in [3.05, 3.63) is 53.5 Å². The second kappa shape index (κ2) is 6.59. The second-order valence-corrected chi connectivity index (χ2v) is 6.77. The molecule has 0 radical (unpaired) electrons. The highest BCUT2D eigenvalue weighted by Crippen LogP contribution is 2.25. The lowest BCUT2D eigenvalue weighted by Crippen LogP contribution is -2.41. The van der Waals surface area contributed by atoms with E-state index < -0.39 is 0 Å². The van der Waals surface area contributed by atoms with Gasteiger partial charge < -0.3 is 15.0 Å². The number of carbonyl (C=O) groups excluding carboxylic acids is 1. The SMILES string of the molecule is O=C1COCCN1c1ccc(NCc2cc3ncccc3s2)cc1. The second-order valence-electron chi connectivity index (χ2n) is 5.60.